The van der Waals surface area contributed by atoms with Crippen molar-refractivity contribution in [2.24, 2.45) is 0 Å². The van der Waals surface area contributed by atoms with Crippen LogP contribution in [0.2, 0.25) is 0 Å². The third-order valence-corrected chi connectivity index (χ3v) is 4.07. The Morgan fingerprint density at radius 3 is 2.11 bits per heavy atom. The second kappa shape index (κ2) is 17.1. The van der Waals surface area contributed by atoms with Gasteiger partial charge in [0.15, 0.2) is 6.29 Å². The highest BCUT2D eigenvalue weighted by Gasteiger charge is 2.20. The van der Waals surface area contributed by atoms with Crippen LogP contribution in [0.4, 0.5) is 0 Å². The summed E-state index contributed by atoms with van der Waals surface area (Å²) < 4.78 is 0. The Morgan fingerprint density at radius 1 is 0.852 bits per heavy atom. The quantitative estimate of drug-likeness (QED) is 0.140. The Labute approximate surface area is 161 Å². The molecule has 0 saturated carbocycles. The molecule has 151 valence electrons. The average Bonchev–Trinajstić information content (AvgIpc) is 2.63. The maximum absolute atomic E-state index is 11.2. The first-order valence-electron chi connectivity index (χ1n) is 9.69. The lowest BCUT2D eigenvalue weighted by molar-refractivity contribution is -0.450. The summed E-state index contributed by atoms with van der Waals surface area (Å²) in [5.74, 6) is 0. The topological polar surface area (TPSA) is 103 Å². The first-order chi connectivity index (χ1) is 13.0. The Bertz CT molecular complexity index is 538. The fourth-order valence-electron chi connectivity index (χ4n) is 2.50. The van der Waals surface area contributed by atoms with Gasteiger partial charge in [0.2, 0.25) is 0 Å². The molecule has 0 aliphatic carbocycles. The van der Waals surface area contributed by atoms with Crippen LogP contribution in [0.25, 0.3) is 0 Å². The fourth-order valence-corrected chi connectivity index (χ4v) is 2.50. The van der Waals surface area contributed by atoms with Gasteiger partial charge in [0.25, 0.3) is 11.4 Å². The van der Waals surface area contributed by atoms with E-state index in [0.717, 1.165) is 51.4 Å². The van der Waals surface area contributed by atoms with Crippen LogP contribution in [0, 0.1) is 20.2 Å². The van der Waals surface area contributed by atoms with Crippen molar-refractivity contribution >= 4 is 6.29 Å². The lowest BCUT2D eigenvalue weighted by Crippen LogP contribution is -2.06. The molecule has 0 heterocycles. The van der Waals surface area contributed by atoms with Crippen LogP contribution >= 0.6 is 0 Å². The zero-order valence-electron chi connectivity index (χ0n) is 16.2. The molecule has 0 N–H and O–H groups in total. The number of carbonyl (C=O) groups excluding carboxylic acids is 1. The largest absolute Gasteiger partial charge is 0.291 e. The van der Waals surface area contributed by atoms with Gasteiger partial charge in [-0.1, -0.05) is 44.8 Å². The van der Waals surface area contributed by atoms with Crippen LogP contribution in [0.15, 0.2) is 35.7 Å². The highest BCUT2D eigenvalue weighted by molar-refractivity contribution is 5.50. The van der Waals surface area contributed by atoms with Gasteiger partial charge in [0.05, 0.1) is 9.85 Å². The molecule has 0 rings (SSSR count). The van der Waals surface area contributed by atoms with Crippen LogP contribution in [0.5, 0.6) is 0 Å². The minimum atomic E-state index is -0.540. The van der Waals surface area contributed by atoms with E-state index in [1.165, 1.54) is 12.2 Å². The summed E-state index contributed by atoms with van der Waals surface area (Å²) in [6, 6.07) is 0. The molecule has 0 spiro atoms. The summed E-state index contributed by atoms with van der Waals surface area (Å²) in [5.41, 5.74) is -0.242. The minimum absolute atomic E-state index is 0.106. The Hall–Kier alpha value is -2.31. The molecule has 0 aromatic rings. The Morgan fingerprint density at radius 2 is 1.48 bits per heavy atom. The van der Waals surface area contributed by atoms with E-state index < -0.39 is 9.85 Å². The summed E-state index contributed by atoms with van der Waals surface area (Å²) in [4.78, 5) is 31.3. The van der Waals surface area contributed by atoms with Gasteiger partial charge in [-0.05, 0) is 50.7 Å². The normalized spacial score (nSPS) is 12.5. The predicted molar refractivity (Wildman–Crippen MR) is 106 cm³/mol. The SMILES string of the molecule is CCCCC/C=C(\C/C(=C\C/C=C\CCCCCC[C]=O)[N+](=O)[O-])[N+](=O)[O-]. The number of rotatable bonds is 17. The fraction of sp³-hybridized carbons (Fsp3) is 0.650. The molecule has 0 fully saturated rings. The van der Waals surface area contributed by atoms with Gasteiger partial charge in [0, 0.05) is 6.42 Å². The molecule has 0 saturated heterocycles. The molecular weight excluding hydrogens is 348 g/mol. The molecule has 1 radical (unpaired) electrons. The molecule has 0 aromatic carbocycles. The highest BCUT2D eigenvalue weighted by atomic mass is 16.6. The number of nitro groups is 2. The van der Waals surface area contributed by atoms with E-state index in [-0.39, 0.29) is 17.8 Å². The number of allylic oxidation sites excluding steroid dienone is 4. The van der Waals surface area contributed by atoms with Crippen molar-refractivity contribution in [2.75, 3.05) is 0 Å². The number of nitrogens with zero attached hydrogens (tertiary/aromatic N) is 2. The smallest absolute Gasteiger partial charge is 0.253 e. The van der Waals surface area contributed by atoms with E-state index in [4.69, 9.17) is 0 Å². The van der Waals surface area contributed by atoms with Crippen LogP contribution in [-0.4, -0.2) is 16.1 Å². The zero-order chi connectivity index (χ0) is 20.3. The van der Waals surface area contributed by atoms with Crippen molar-refractivity contribution in [2.45, 2.75) is 84.0 Å². The molecular formula is C20H31N2O5. The summed E-state index contributed by atoms with van der Waals surface area (Å²) >= 11 is 0. The van der Waals surface area contributed by atoms with Crippen LogP contribution in [-0.2, 0) is 4.79 Å². The lowest BCUT2D eigenvalue weighted by Gasteiger charge is -1.99. The van der Waals surface area contributed by atoms with Crippen LogP contribution < -0.4 is 0 Å². The van der Waals surface area contributed by atoms with Gasteiger partial charge in [-0.15, -0.1) is 0 Å². The van der Waals surface area contributed by atoms with Crippen molar-refractivity contribution < 1.29 is 14.6 Å². The molecule has 27 heavy (non-hydrogen) atoms. The van der Waals surface area contributed by atoms with E-state index in [2.05, 4.69) is 0 Å². The van der Waals surface area contributed by atoms with Crippen molar-refractivity contribution in [1.82, 2.24) is 0 Å². The molecule has 7 heteroatoms. The van der Waals surface area contributed by atoms with E-state index >= 15 is 0 Å². The average molecular weight is 379 g/mol. The van der Waals surface area contributed by atoms with E-state index in [0.29, 0.717) is 19.3 Å². The monoisotopic (exact) mass is 379 g/mol. The highest BCUT2D eigenvalue weighted by Crippen LogP contribution is 2.15. The number of unbranched alkanes of at least 4 members (excludes halogenated alkanes) is 8. The van der Waals surface area contributed by atoms with E-state index in [1.807, 2.05) is 25.4 Å². The van der Waals surface area contributed by atoms with Gasteiger partial charge >= 0.3 is 0 Å². The molecule has 0 amide bonds. The third kappa shape index (κ3) is 14.5. The van der Waals surface area contributed by atoms with Crippen LogP contribution in [0.1, 0.15) is 84.0 Å². The molecule has 0 unspecified atom stereocenters. The number of hydrogen-bond acceptors (Lipinski definition) is 5. The minimum Gasteiger partial charge on any atom is -0.291 e. The Balaban J connectivity index is 4.42. The predicted octanol–water partition coefficient (Wildman–Crippen LogP) is 5.67. The summed E-state index contributed by atoms with van der Waals surface area (Å²) in [6.45, 7) is 2.05. The second-order valence-electron chi connectivity index (χ2n) is 6.38. The zero-order valence-corrected chi connectivity index (χ0v) is 16.2. The second-order valence-corrected chi connectivity index (χ2v) is 6.38. The lowest BCUT2D eigenvalue weighted by atomic mass is 10.1. The van der Waals surface area contributed by atoms with Crippen molar-refractivity contribution in [1.29, 1.82) is 0 Å². The molecule has 0 aliphatic rings. The van der Waals surface area contributed by atoms with E-state index in [1.54, 1.807) is 0 Å². The summed E-state index contributed by atoms with van der Waals surface area (Å²) in [5, 5.41) is 22.3. The molecule has 0 aliphatic heterocycles. The van der Waals surface area contributed by atoms with Gasteiger partial charge < -0.3 is 0 Å². The van der Waals surface area contributed by atoms with Gasteiger partial charge in [-0.25, -0.2) is 0 Å². The molecule has 0 bridgehead atoms. The maximum atomic E-state index is 11.2. The third-order valence-electron chi connectivity index (χ3n) is 4.07. The Kier molecular flexibility index (Phi) is 15.7. The number of hydrogen-bond donors (Lipinski definition) is 0. The van der Waals surface area contributed by atoms with Gasteiger partial charge in [-0.3, -0.25) is 25.0 Å². The van der Waals surface area contributed by atoms with Gasteiger partial charge in [0.1, 0.15) is 6.42 Å². The first kappa shape index (κ1) is 24.7. The summed E-state index contributed by atoms with van der Waals surface area (Å²) in [7, 11) is 0. The summed E-state index contributed by atoms with van der Waals surface area (Å²) in [6.07, 6.45) is 17.5. The standard InChI is InChI=1S/C20H31N2O5/c1-2-3-4-12-15-19(21(24)25)18-20(22(26)27)16-13-10-8-6-5-7-9-11-14-17-23/h8,10,15-16H,2-7,9,11-14,18H2,1H3/b10-8-,19-15+,20-16+. The van der Waals surface area contributed by atoms with Crippen LogP contribution in [0.3, 0.4) is 0 Å². The van der Waals surface area contributed by atoms with Crippen molar-refractivity contribution in [3.63, 3.8) is 0 Å². The van der Waals surface area contributed by atoms with Crippen molar-refractivity contribution in [3.05, 3.63) is 55.9 Å². The van der Waals surface area contributed by atoms with Gasteiger partial charge in [-0.2, -0.15) is 0 Å². The molecule has 0 aromatic heterocycles. The maximum Gasteiger partial charge on any atom is 0.253 e. The van der Waals surface area contributed by atoms with E-state index in [9.17, 15) is 25.0 Å². The molecule has 0 atom stereocenters. The van der Waals surface area contributed by atoms with Crippen molar-refractivity contribution in [3.8, 4) is 0 Å². The molecule has 7 nitrogen and oxygen atoms in total. The first-order valence-corrected chi connectivity index (χ1v) is 9.69.